The second kappa shape index (κ2) is 8.57. The van der Waals surface area contributed by atoms with Gasteiger partial charge < -0.3 is 10.3 Å². The van der Waals surface area contributed by atoms with Crippen molar-refractivity contribution in [3.05, 3.63) is 52.5 Å². The largest absolute Gasteiger partial charge is 0.393 e. The van der Waals surface area contributed by atoms with Crippen molar-refractivity contribution >= 4 is 38.3 Å². The molecule has 0 amide bonds. The number of fused-ring (bicyclic) bond motifs is 2. The lowest BCUT2D eigenvalue weighted by atomic mass is 10.0. The van der Waals surface area contributed by atoms with Gasteiger partial charge in [0.25, 0.3) is 0 Å². The first-order chi connectivity index (χ1) is 15.7. The molecule has 4 heterocycles. The van der Waals surface area contributed by atoms with E-state index in [1.807, 2.05) is 19.1 Å². The number of nitrogens with one attached hydrogen (secondary N) is 2. The summed E-state index contributed by atoms with van der Waals surface area (Å²) in [4.78, 5) is 14.6. The van der Waals surface area contributed by atoms with Crippen LogP contribution in [-0.4, -0.2) is 45.2 Å². The Morgan fingerprint density at radius 1 is 1.15 bits per heavy atom. The van der Waals surface area contributed by atoms with E-state index in [-0.39, 0.29) is 16.7 Å². The van der Waals surface area contributed by atoms with E-state index >= 15 is 0 Å². The number of H-pyrrole nitrogens is 1. The number of rotatable bonds is 5. The van der Waals surface area contributed by atoms with Gasteiger partial charge in [-0.2, -0.15) is 13.2 Å². The van der Waals surface area contributed by atoms with Crippen LogP contribution in [0.5, 0.6) is 0 Å². The molecule has 4 aromatic rings. The predicted octanol–water partition coefficient (Wildman–Crippen LogP) is 5.80. The number of piperidine rings is 1. The minimum absolute atomic E-state index is 0.143. The van der Waals surface area contributed by atoms with Gasteiger partial charge >= 0.3 is 6.18 Å². The lowest BCUT2D eigenvalue weighted by molar-refractivity contribution is -0.126. The van der Waals surface area contributed by atoms with Gasteiger partial charge in [0, 0.05) is 52.7 Å². The monoisotopic (exact) mass is 477 g/mol. The number of aromatic amines is 1. The molecule has 0 saturated carbocycles. The Morgan fingerprint density at radius 3 is 2.70 bits per heavy atom. The van der Waals surface area contributed by atoms with Crippen molar-refractivity contribution in [2.75, 3.05) is 18.4 Å². The topological polar surface area (TPSA) is 56.8 Å². The molecule has 1 aliphatic rings. The van der Waals surface area contributed by atoms with Gasteiger partial charge in [0.15, 0.2) is 0 Å². The van der Waals surface area contributed by atoms with Crippen molar-refractivity contribution in [3.63, 3.8) is 0 Å². The number of nitrogens with zero attached hydrogens (tertiary/aromatic N) is 3. The Hall–Kier alpha value is -2.72. The fourth-order valence-electron chi connectivity index (χ4n) is 4.44. The number of thiophene rings is 1. The van der Waals surface area contributed by atoms with E-state index in [2.05, 4.69) is 25.2 Å². The molecule has 0 bridgehead atoms. The molecule has 10 heteroatoms. The molecule has 5 nitrogen and oxygen atoms in total. The van der Waals surface area contributed by atoms with E-state index < -0.39 is 12.6 Å². The Labute approximate surface area is 191 Å². The molecule has 3 aromatic heterocycles. The first-order valence-electron chi connectivity index (χ1n) is 10.8. The summed E-state index contributed by atoms with van der Waals surface area (Å²) in [6.45, 7) is 4.08. The second-order valence-electron chi connectivity index (χ2n) is 8.62. The summed E-state index contributed by atoms with van der Waals surface area (Å²) in [6, 6.07) is 7.16. The molecule has 33 heavy (non-hydrogen) atoms. The van der Waals surface area contributed by atoms with Crippen LogP contribution in [0.1, 0.15) is 29.0 Å². The molecule has 0 unspecified atom stereocenters. The van der Waals surface area contributed by atoms with Crippen molar-refractivity contribution in [1.82, 2.24) is 19.9 Å². The SMILES string of the molecule is Cc1cc2cc(CN3CCC(Nc4ncnc5sc(CC(F)(F)F)cc45)CC3)c(F)cc2[nH]1. The highest BCUT2D eigenvalue weighted by Crippen LogP contribution is 2.33. The van der Waals surface area contributed by atoms with Crippen LogP contribution in [0.4, 0.5) is 23.4 Å². The van der Waals surface area contributed by atoms with Crippen LogP contribution < -0.4 is 5.32 Å². The van der Waals surface area contributed by atoms with Crippen molar-refractivity contribution < 1.29 is 17.6 Å². The number of aromatic nitrogens is 3. The Bertz CT molecular complexity index is 1290. The lowest BCUT2D eigenvalue weighted by Gasteiger charge is -2.32. The summed E-state index contributed by atoms with van der Waals surface area (Å²) in [6.07, 6.45) is -2.17. The fraction of sp³-hybridized carbons (Fsp3) is 0.391. The van der Waals surface area contributed by atoms with Crippen LogP contribution in [0.2, 0.25) is 0 Å². The zero-order chi connectivity index (χ0) is 23.2. The average molecular weight is 478 g/mol. The number of likely N-dealkylation sites (tertiary alicyclic amines) is 1. The Kier molecular flexibility index (Phi) is 5.74. The van der Waals surface area contributed by atoms with Gasteiger partial charge in [0.05, 0.1) is 11.8 Å². The third-order valence-electron chi connectivity index (χ3n) is 6.00. The summed E-state index contributed by atoms with van der Waals surface area (Å²) in [5.74, 6) is 0.363. The number of halogens is 4. The van der Waals surface area contributed by atoms with Crippen LogP contribution in [-0.2, 0) is 13.0 Å². The van der Waals surface area contributed by atoms with E-state index in [0.717, 1.165) is 53.9 Å². The zero-order valence-electron chi connectivity index (χ0n) is 18.0. The number of hydrogen-bond acceptors (Lipinski definition) is 5. The molecular formula is C23H23F4N5S. The van der Waals surface area contributed by atoms with Crippen LogP contribution in [0.3, 0.4) is 0 Å². The van der Waals surface area contributed by atoms with Gasteiger partial charge in [-0.15, -0.1) is 11.3 Å². The molecule has 5 rings (SSSR count). The van der Waals surface area contributed by atoms with Crippen molar-refractivity contribution in [2.24, 2.45) is 0 Å². The maximum atomic E-state index is 14.6. The van der Waals surface area contributed by atoms with Gasteiger partial charge in [-0.3, -0.25) is 4.90 Å². The summed E-state index contributed by atoms with van der Waals surface area (Å²) < 4.78 is 52.9. The molecular weight excluding hydrogens is 454 g/mol. The Morgan fingerprint density at radius 2 is 1.94 bits per heavy atom. The minimum atomic E-state index is -4.25. The van der Waals surface area contributed by atoms with E-state index in [9.17, 15) is 17.6 Å². The molecule has 174 valence electrons. The molecule has 0 radical (unpaired) electrons. The van der Waals surface area contributed by atoms with Crippen molar-refractivity contribution in [3.8, 4) is 0 Å². The van der Waals surface area contributed by atoms with E-state index in [4.69, 9.17) is 0 Å². The maximum absolute atomic E-state index is 14.6. The number of benzene rings is 1. The van der Waals surface area contributed by atoms with E-state index in [1.54, 1.807) is 6.07 Å². The quantitative estimate of drug-likeness (QED) is 0.357. The smallest absolute Gasteiger partial charge is 0.367 e. The summed E-state index contributed by atoms with van der Waals surface area (Å²) >= 11 is 1.05. The van der Waals surface area contributed by atoms with Gasteiger partial charge in [0.2, 0.25) is 0 Å². The van der Waals surface area contributed by atoms with Crippen LogP contribution in [0.25, 0.3) is 21.1 Å². The number of hydrogen-bond donors (Lipinski definition) is 2. The van der Waals surface area contributed by atoms with Crippen LogP contribution in [0.15, 0.2) is 30.6 Å². The highest BCUT2D eigenvalue weighted by Gasteiger charge is 2.29. The fourth-order valence-corrected chi connectivity index (χ4v) is 5.47. The second-order valence-corrected chi connectivity index (χ2v) is 9.74. The molecule has 0 spiro atoms. The minimum Gasteiger partial charge on any atom is -0.367 e. The number of aryl methyl sites for hydroxylation is 1. The normalized spacial score (nSPS) is 16.2. The summed E-state index contributed by atoms with van der Waals surface area (Å²) in [5, 5.41) is 5.03. The first kappa shape index (κ1) is 22.1. The van der Waals surface area contributed by atoms with Gasteiger partial charge in [-0.1, -0.05) is 0 Å². The van der Waals surface area contributed by atoms with Crippen molar-refractivity contribution in [1.29, 1.82) is 0 Å². The first-order valence-corrected chi connectivity index (χ1v) is 11.6. The molecule has 1 aliphatic heterocycles. The third-order valence-corrected chi connectivity index (χ3v) is 7.04. The van der Waals surface area contributed by atoms with E-state index in [1.165, 1.54) is 12.4 Å². The Balaban J connectivity index is 1.23. The summed E-state index contributed by atoms with van der Waals surface area (Å²) in [5.41, 5.74) is 2.49. The zero-order valence-corrected chi connectivity index (χ0v) is 18.8. The molecule has 1 saturated heterocycles. The third kappa shape index (κ3) is 4.96. The number of alkyl halides is 3. The lowest BCUT2D eigenvalue weighted by Crippen LogP contribution is -2.39. The molecule has 2 N–H and O–H groups in total. The standard InChI is InChI=1S/C23H23F4N5S/c1-13-6-14-7-15(19(24)9-20(14)30-13)11-32-4-2-16(3-5-32)31-21-18-8-17(10-23(25,26)27)33-22(18)29-12-28-21/h6-9,12,16,30H,2-5,10-11H2,1H3,(H,28,29,31). The molecule has 0 atom stereocenters. The van der Waals surface area contributed by atoms with Gasteiger partial charge in [0.1, 0.15) is 22.8 Å². The van der Waals surface area contributed by atoms with E-state index in [0.29, 0.717) is 28.1 Å². The maximum Gasteiger partial charge on any atom is 0.393 e. The predicted molar refractivity (Wildman–Crippen MR) is 122 cm³/mol. The van der Waals surface area contributed by atoms with Gasteiger partial charge in [-0.25, -0.2) is 14.4 Å². The summed E-state index contributed by atoms with van der Waals surface area (Å²) in [7, 11) is 0. The average Bonchev–Trinajstić information content (AvgIpc) is 3.30. The van der Waals surface area contributed by atoms with Crippen LogP contribution >= 0.6 is 11.3 Å². The highest BCUT2D eigenvalue weighted by molar-refractivity contribution is 7.18. The van der Waals surface area contributed by atoms with Crippen molar-refractivity contribution in [2.45, 2.75) is 44.9 Å². The molecule has 0 aliphatic carbocycles. The number of anilines is 1. The van der Waals surface area contributed by atoms with Gasteiger partial charge in [-0.05, 0) is 44.0 Å². The van der Waals surface area contributed by atoms with Crippen LogP contribution in [0, 0.1) is 12.7 Å². The molecule has 1 fully saturated rings. The molecule has 1 aromatic carbocycles. The highest BCUT2D eigenvalue weighted by atomic mass is 32.1.